The summed E-state index contributed by atoms with van der Waals surface area (Å²) < 4.78 is 10.1. The summed E-state index contributed by atoms with van der Waals surface area (Å²) in [6.45, 7) is 1.01. The molecular weight excluding hydrogens is 340 g/mol. The van der Waals surface area contributed by atoms with E-state index in [1.807, 2.05) is 0 Å². The van der Waals surface area contributed by atoms with Gasteiger partial charge in [-0.3, -0.25) is 24.1 Å². The van der Waals surface area contributed by atoms with Crippen molar-refractivity contribution >= 4 is 23.7 Å². The van der Waals surface area contributed by atoms with Crippen LogP contribution in [0.1, 0.15) is 33.4 Å². The van der Waals surface area contributed by atoms with E-state index in [1.54, 1.807) is 24.3 Å². The van der Waals surface area contributed by atoms with Crippen LogP contribution in [-0.2, 0) is 20.9 Å². The number of ether oxygens (including phenoxy) is 1. The van der Waals surface area contributed by atoms with Crippen molar-refractivity contribution in [3.63, 3.8) is 0 Å². The van der Waals surface area contributed by atoms with Crippen LogP contribution in [0, 0.1) is 0 Å². The fourth-order valence-electron chi connectivity index (χ4n) is 2.53. The predicted molar refractivity (Wildman–Crippen MR) is 87.9 cm³/mol. The second-order valence-corrected chi connectivity index (χ2v) is 5.67. The van der Waals surface area contributed by atoms with E-state index in [1.165, 1.54) is 25.3 Å². The SMILES string of the molecule is C[C@H](OC(=O)CN1C(=O)c2ccccc2C1=O)C(=O)NCc1ccco1. The molecule has 0 fully saturated rings. The van der Waals surface area contributed by atoms with E-state index in [0.717, 1.165) is 4.90 Å². The summed E-state index contributed by atoms with van der Waals surface area (Å²) in [6, 6.07) is 9.69. The maximum atomic E-state index is 12.2. The highest BCUT2D eigenvalue weighted by Crippen LogP contribution is 2.22. The highest BCUT2D eigenvalue weighted by Gasteiger charge is 2.37. The molecule has 1 aliphatic heterocycles. The van der Waals surface area contributed by atoms with Crippen molar-refractivity contribution in [3.8, 4) is 0 Å². The first-order valence-electron chi connectivity index (χ1n) is 7.92. The number of imide groups is 1. The molecule has 1 aromatic heterocycles. The van der Waals surface area contributed by atoms with E-state index >= 15 is 0 Å². The second kappa shape index (κ2) is 7.22. The van der Waals surface area contributed by atoms with Gasteiger partial charge in [0.1, 0.15) is 12.3 Å². The van der Waals surface area contributed by atoms with Gasteiger partial charge < -0.3 is 14.5 Å². The third kappa shape index (κ3) is 3.49. The lowest BCUT2D eigenvalue weighted by molar-refractivity contribution is -0.155. The van der Waals surface area contributed by atoms with Crippen LogP contribution in [0.4, 0.5) is 0 Å². The van der Waals surface area contributed by atoms with Crippen LogP contribution in [0.25, 0.3) is 0 Å². The number of esters is 1. The minimum Gasteiger partial charge on any atom is -0.467 e. The third-order valence-corrected chi connectivity index (χ3v) is 3.86. The van der Waals surface area contributed by atoms with Crippen molar-refractivity contribution < 1.29 is 28.3 Å². The summed E-state index contributed by atoms with van der Waals surface area (Å²) in [5, 5.41) is 2.56. The molecule has 134 valence electrons. The lowest BCUT2D eigenvalue weighted by atomic mass is 10.1. The Morgan fingerprint density at radius 1 is 1.12 bits per heavy atom. The zero-order valence-electron chi connectivity index (χ0n) is 13.9. The molecule has 2 heterocycles. The molecule has 3 amide bonds. The second-order valence-electron chi connectivity index (χ2n) is 5.67. The Labute approximate surface area is 148 Å². The highest BCUT2D eigenvalue weighted by molar-refractivity contribution is 6.22. The number of rotatable bonds is 6. The molecule has 0 saturated heterocycles. The van der Waals surface area contributed by atoms with Gasteiger partial charge in [-0.15, -0.1) is 0 Å². The van der Waals surface area contributed by atoms with Crippen molar-refractivity contribution in [3.05, 3.63) is 59.5 Å². The Hall–Kier alpha value is -3.42. The number of hydrogen-bond donors (Lipinski definition) is 1. The van der Waals surface area contributed by atoms with Crippen LogP contribution in [0.3, 0.4) is 0 Å². The summed E-state index contributed by atoms with van der Waals surface area (Å²) in [5.41, 5.74) is 0.490. The molecule has 1 atom stereocenters. The molecule has 1 N–H and O–H groups in total. The fraction of sp³-hybridized carbons (Fsp3) is 0.222. The first kappa shape index (κ1) is 17.4. The molecule has 8 heteroatoms. The van der Waals surface area contributed by atoms with Crippen LogP contribution in [0.15, 0.2) is 47.1 Å². The van der Waals surface area contributed by atoms with Gasteiger partial charge in [-0.1, -0.05) is 12.1 Å². The molecule has 26 heavy (non-hydrogen) atoms. The van der Waals surface area contributed by atoms with E-state index < -0.39 is 36.3 Å². The number of amides is 3. The van der Waals surface area contributed by atoms with Crippen molar-refractivity contribution in [1.82, 2.24) is 10.2 Å². The first-order chi connectivity index (χ1) is 12.5. The zero-order chi connectivity index (χ0) is 18.7. The monoisotopic (exact) mass is 356 g/mol. The number of carbonyl (C=O) groups is 4. The number of furan rings is 1. The molecule has 0 bridgehead atoms. The van der Waals surface area contributed by atoms with Gasteiger partial charge >= 0.3 is 5.97 Å². The standard InChI is InChI=1S/C18H16N2O6/c1-11(16(22)19-9-12-5-4-8-25-12)26-15(21)10-20-17(23)13-6-2-3-7-14(13)18(20)24/h2-8,11H,9-10H2,1H3,(H,19,22)/t11-/m0/s1. The van der Waals surface area contributed by atoms with Crippen molar-refractivity contribution in [2.75, 3.05) is 6.54 Å². The largest absolute Gasteiger partial charge is 0.467 e. The predicted octanol–water partition coefficient (Wildman–Crippen LogP) is 1.12. The smallest absolute Gasteiger partial charge is 0.326 e. The fourth-order valence-corrected chi connectivity index (χ4v) is 2.53. The molecule has 0 radical (unpaired) electrons. The number of benzene rings is 1. The lowest BCUT2D eigenvalue weighted by Gasteiger charge is -2.16. The maximum absolute atomic E-state index is 12.2. The summed E-state index contributed by atoms with van der Waals surface area (Å²) in [5.74, 6) is -1.92. The molecule has 0 spiro atoms. The lowest BCUT2D eigenvalue weighted by Crippen LogP contribution is -2.40. The van der Waals surface area contributed by atoms with Gasteiger partial charge in [0.05, 0.1) is 23.9 Å². The van der Waals surface area contributed by atoms with Gasteiger partial charge in [-0.05, 0) is 31.2 Å². The minimum atomic E-state index is -1.08. The van der Waals surface area contributed by atoms with E-state index in [2.05, 4.69) is 5.32 Å². The van der Waals surface area contributed by atoms with E-state index in [9.17, 15) is 19.2 Å². The van der Waals surface area contributed by atoms with Crippen molar-refractivity contribution in [2.45, 2.75) is 19.6 Å². The summed E-state index contributed by atoms with van der Waals surface area (Å²) in [7, 11) is 0. The maximum Gasteiger partial charge on any atom is 0.326 e. The molecule has 1 aromatic carbocycles. The molecule has 0 aliphatic carbocycles. The summed E-state index contributed by atoms with van der Waals surface area (Å²) in [6.07, 6.45) is 0.403. The molecule has 1 aliphatic rings. The highest BCUT2D eigenvalue weighted by atomic mass is 16.5. The van der Waals surface area contributed by atoms with Gasteiger partial charge in [-0.25, -0.2) is 0 Å². The van der Waals surface area contributed by atoms with Crippen LogP contribution in [0.2, 0.25) is 0 Å². The zero-order valence-corrected chi connectivity index (χ0v) is 13.9. The molecule has 8 nitrogen and oxygen atoms in total. The Bertz CT molecular complexity index is 823. The molecule has 0 unspecified atom stereocenters. The Morgan fingerprint density at radius 2 is 1.77 bits per heavy atom. The van der Waals surface area contributed by atoms with Crippen LogP contribution in [0.5, 0.6) is 0 Å². The molecule has 3 rings (SSSR count). The number of nitrogens with zero attached hydrogens (tertiary/aromatic N) is 1. The van der Waals surface area contributed by atoms with Gasteiger partial charge in [0, 0.05) is 0 Å². The third-order valence-electron chi connectivity index (χ3n) is 3.86. The molecular formula is C18H16N2O6. The van der Waals surface area contributed by atoms with Gasteiger partial charge in [-0.2, -0.15) is 0 Å². The number of nitrogens with one attached hydrogen (secondary N) is 1. The van der Waals surface area contributed by atoms with E-state index in [0.29, 0.717) is 5.76 Å². The van der Waals surface area contributed by atoms with Crippen molar-refractivity contribution in [1.29, 1.82) is 0 Å². The first-order valence-corrected chi connectivity index (χ1v) is 7.92. The Balaban J connectivity index is 1.53. The van der Waals surface area contributed by atoms with Gasteiger partial charge in [0.2, 0.25) is 0 Å². The summed E-state index contributed by atoms with van der Waals surface area (Å²) >= 11 is 0. The Morgan fingerprint density at radius 3 is 2.35 bits per heavy atom. The number of fused-ring (bicyclic) bond motifs is 1. The quantitative estimate of drug-likeness (QED) is 0.614. The van der Waals surface area contributed by atoms with Crippen molar-refractivity contribution in [2.24, 2.45) is 0 Å². The topological polar surface area (TPSA) is 106 Å². The molecule has 0 saturated carbocycles. The number of hydrogen-bond acceptors (Lipinski definition) is 6. The summed E-state index contributed by atoms with van der Waals surface area (Å²) in [4.78, 5) is 49.2. The number of carbonyl (C=O) groups excluding carboxylic acids is 4. The normalized spacial score (nSPS) is 14.1. The van der Waals surface area contributed by atoms with Gasteiger partial charge in [0.25, 0.3) is 17.7 Å². The van der Waals surface area contributed by atoms with E-state index in [-0.39, 0.29) is 17.7 Å². The van der Waals surface area contributed by atoms with Crippen LogP contribution in [-0.4, -0.2) is 41.2 Å². The van der Waals surface area contributed by atoms with Crippen LogP contribution >= 0.6 is 0 Å². The van der Waals surface area contributed by atoms with E-state index in [4.69, 9.17) is 9.15 Å². The van der Waals surface area contributed by atoms with Gasteiger partial charge in [0.15, 0.2) is 6.10 Å². The molecule has 2 aromatic rings. The minimum absolute atomic E-state index is 0.159. The Kier molecular flexibility index (Phi) is 4.83. The van der Waals surface area contributed by atoms with Crippen LogP contribution < -0.4 is 5.32 Å². The average molecular weight is 356 g/mol. The average Bonchev–Trinajstić information content (AvgIpc) is 3.23.